The monoisotopic (exact) mass is 436 g/mol. The van der Waals surface area contributed by atoms with Crippen LogP contribution >= 0.6 is 11.3 Å². The Labute approximate surface area is 185 Å². The molecule has 0 aliphatic heterocycles. The predicted molar refractivity (Wildman–Crippen MR) is 125 cm³/mol. The number of rotatable bonds is 7. The molecule has 0 bridgehead atoms. The first-order valence-electron chi connectivity index (χ1n) is 9.83. The van der Waals surface area contributed by atoms with Gasteiger partial charge < -0.3 is 15.5 Å². The van der Waals surface area contributed by atoms with Crippen LogP contribution in [0, 0.1) is 0 Å². The van der Waals surface area contributed by atoms with E-state index in [-0.39, 0.29) is 17.8 Å². The topological polar surface area (TPSA) is 90.5 Å². The highest BCUT2D eigenvalue weighted by Crippen LogP contribution is 2.23. The summed E-state index contributed by atoms with van der Waals surface area (Å²) < 4.78 is 0. The van der Waals surface area contributed by atoms with Crippen molar-refractivity contribution in [2.75, 3.05) is 22.5 Å². The number of hydrogen-bond donors (Lipinski definition) is 3. The zero-order valence-electron chi connectivity index (χ0n) is 17.3. The lowest BCUT2D eigenvalue weighted by molar-refractivity contribution is -0.129. The molecule has 160 valence electrons. The summed E-state index contributed by atoms with van der Waals surface area (Å²) in [6.45, 7) is 4.57. The standard InChI is InChI=1S/C23H24N4O3S/c1-3-27(16(2)28)15-17-8-7-11-19(14-17)24-22(29)20-12-13-21(31-20)26-23(30)25-18-9-5-4-6-10-18/h4-14H,3,15H2,1-2H3,(H,24,29)(H2,25,26,30). The van der Waals surface area contributed by atoms with Gasteiger partial charge in [0.05, 0.1) is 9.88 Å². The molecular weight excluding hydrogens is 412 g/mol. The second kappa shape index (κ2) is 10.4. The van der Waals surface area contributed by atoms with Gasteiger partial charge in [-0.2, -0.15) is 0 Å². The molecule has 0 unspecified atom stereocenters. The van der Waals surface area contributed by atoms with Crippen molar-refractivity contribution in [1.82, 2.24) is 4.90 Å². The summed E-state index contributed by atoms with van der Waals surface area (Å²) >= 11 is 1.18. The van der Waals surface area contributed by atoms with Crippen LogP contribution in [0.2, 0.25) is 0 Å². The maximum absolute atomic E-state index is 12.6. The third kappa shape index (κ3) is 6.42. The highest BCUT2D eigenvalue weighted by Gasteiger charge is 2.12. The van der Waals surface area contributed by atoms with Crippen molar-refractivity contribution >= 4 is 45.6 Å². The highest BCUT2D eigenvalue weighted by molar-refractivity contribution is 7.18. The molecule has 0 saturated heterocycles. The summed E-state index contributed by atoms with van der Waals surface area (Å²) in [7, 11) is 0. The number of urea groups is 1. The summed E-state index contributed by atoms with van der Waals surface area (Å²) in [6, 6.07) is 19.5. The zero-order chi connectivity index (χ0) is 22.2. The largest absolute Gasteiger partial charge is 0.339 e. The molecule has 3 aromatic rings. The molecule has 3 rings (SSSR count). The molecule has 0 spiro atoms. The van der Waals surface area contributed by atoms with E-state index in [4.69, 9.17) is 0 Å². The third-order valence-corrected chi connectivity index (χ3v) is 5.48. The van der Waals surface area contributed by atoms with Gasteiger partial charge in [0.25, 0.3) is 5.91 Å². The van der Waals surface area contributed by atoms with Crippen LogP contribution in [0.4, 0.5) is 21.2 Å². The third-order valence-electron chi connectivity index (χ3n) is 4.48. The molecule has 0 atom stereocenters. The van der Waals surface area contributed by atoms with E-state index in [9.17, 15) is 14.4 Å². The summed E-state index contributed by atoms with van der Waals surface area (Å²) in [4.78, 5) is 38.5. The Hall–Kier alpha value is -3.65. The minimum Gasteiger partial charge on any atom is -0.339 e. The normalized spacial score (nSPS) is 10.3. The molecule has 0 fully saturated rings. The number of hydrogen-bond acceptors (Lipinski definition) is 4. The van der Waals surface area contributed by atoms with Crippen LogP contribution in [0.5, 0.6) is 0 Å². The van der Waals surface area contributed by atoms with E-state index in [0.29, 0.717) is 34.3 Å². The van der Waals surface area contributed by atoms with Crippen molar-refractivity contribution < 1.29 is 14.4 Å². The van der Waals surface area contributed by atoms with Gasteiger partial charge in [0.1, 0.15) is 0 Å². The molecular formula is C23H24N4O3S. The number of amides is 4. The average molecular weight is 437 g/mol. The minimum atomic E-state index is -0.376. The number of nitrogens with zero attached hydrogens (tertiary/aromatic N) is 1. The summed E-state index contributed by atoms with van der Waals surface area (Å²) in [5.41, 5.74) is 2.26. The first-order valence-corrected chi connectivity index (χ1v) is 10.6. The van der Waals surface area contributed by atoms with Crippen molar-refractivity contribution in [1.29, 1.82) is 0 Å². The first-order chi connectivity index (χ1) is 14.9. The predicted octanol–water partition coefficient (Wildman–Crippen LogP) is 5.01. The molecule has 31 heavy (non-hydrogen) atoms. The molecule has 0 saturated carbocycles. The van der Waals surface area contributed by atoms with Crippen LogP contribution in [0.1, 0.15) is 29.1 Å². The molecule has 2 aromatic carbocycles. The number of thiophene rings is 1. The Bertz CT molecular complexity index is 1070. The molecule has 1 aromatic heterocycles. The van der Waals surface area contributed by atoms with E-state index in [2.05, 4.69) is 16.0 Å². The van der Waals surface area contributed by atoms with Crippen molar-refractivity contribution in [3.63, 3.8) is 0 Å². The van der Waals surface area contributed by atoms with Gasteiger partial charge >= 0.3 is 6.03 Å². The number of para-hydroxylation sites is 1. The summed E-state index contributed by atoms with van der Waals surface area (Å²) in [6.07, 6.45) is 0. The van der Waals surface area contributed by atoms with E-state index in [1.165, 1.54) is 18.3 Å². The fraction of sp³-hybridized carbons (Fsp3) is 0.174. The number of nitrogens with one attached hydrogen (secondary N) is 3. The van der Waals surface area contributed by atoms with Crippen LogP contribution in [0.15, 0.2) is 66.7 Å². The minimum absolute atomic E-state index is 0.00635. The van der Waals surface area contributed by atoms with E-state index in [0.717, 1.165) is 5.56 Å². The van der Waals surface area contributed by atoms with E-state index in [1.807, 2.05) is 43.3 Å². The summed E-state index contributed by atoms with van der Waals surface area (Å²) in [5, 5.41) is 8.89. The van der Waals surface area contributed by atoms with Crippen molar-refractivity contribution in [3.05, 3.63) is 77.2 Å². The Morgan fingerprint density at radius 3 is 2.32 bits per heavy atom. The van der Waals surface area contributed by atoms with Gasteiger partial charge in [0.2, 0.25) is 5.91 Å². The average Bonchev–Trinajstić information content (AvgIpc) is 3.21. The molecule has 7 nitrogen and oxygen atoms in total. The van der Waals surface area contributed by atoms with Gasteiger partial charge in [-0.05, 0) is 48.9 Å². The van der Waals surface area contributed by atoms with Crippen molar-refractivity contribution in [2.45, 2.75) is 20.4 Å². The van der Waals surface area contributed by atoms with Crippen LogP contribution in [-0.4, -0.2) is 29.3 Å². The number of carbonyl (C=O) groups excluding carboxylic acids is 3. The quantitative estimate of drug-likeness (QED) is 0.486. The van der Waals surface area contributed by atoms with E-state index in [1.54, 1.807) is 35.2 Å². The lowest BCUT2D eigenvalue weighted by Gasteiger charge is -2.19. The zero-order valence-corrected chi connectivity index (χ0v) is 18.2. The fourth-order valence-electron chi connectivity index (χ4n) is 2.93. The van der Waals surface area contributed by atoms with Crippen molar-refractivity contribution in [2.24, 2.45) is 0 Å². The number of benzene rings is 2. The highest BCUT2D eigenvalue weighted by atomic mass is 32.1. The van der Waals surface area contributed by atoms with Crippen molar-refractivity contribution in [3.8, 4) is 0 Å². The van der Waals surface area contributed by atoms with Gasteiger partial charge in [0.15, 0.2) is 0 Å². The van der Waals surface area contributed by atoms with Crippen LogP contribution in [0.3, 0.4) is 0 Å². The van der Waals surface area contributed by atoms with E-state index >= 15 is 0 Å². The molecule has 0 aliphatic carbocycles. The van der Waals surface area contributed by atoms with Crippen LogP contribution < -0.4 is 16.0 Å². The molecule has 1 heterocycles. The molecule has 3 N–H and O–H groups in total. The van der Waals surface area contributed by atoms with Gasteiger partial charge in [-0.25, -0.2) is 4.79 Å². The maximum Gasteiger partial charge on any atom is 0.324 e. The van der Waals surface area contributed by atoms with Gasteiger partial charge in [-0.3, -0.25) is 14.9 Å². The Kier molecular flexibility index (Phi) is 7.40. The smallest absolute Gasteiger partial charge is 0.324 e. The molecule has 4 amide bonds. The van der Waals surface area contributed by atoms with Gasteiger partial charge in [0, 0.05) is 31.4 Å². The maximum atomic E-state index is 12.6. The Morgan fingerprint density at radius 2 is 1.61 bits per heavy atom. The lowest BCUT2D eigenvalue weighted by Crippen LogP contribution is -2.27. The fourth-order valence-corrected chi connectivity index (χ4v) is 3.73. The number of anilines is 3. The number of carbonyl (C=O) groups is 3. The van der Waals surface area contributed by atoms with Crippen LogP contribution in [0.25, 0.3) is 0 Å². The molecule has 0 aliphatic rings. The van der Waals surface area contributed by atoms with Gasteiger partial charge in [-0.15, -0.1) is 11.3 Å². The lowest BCUT2D eigenvalue weighted by atomic mass is 10.2. The Balaban J connectivity index is 1.59. The molecule has 0 radical (unpaired) electrons. The Morgan fingerprint density at radius 1 is 0.871 bits per heavy atom. The molecule has 8 heteroatoms. The second-order valence-electron chi connectivity index (χ2n) is 6.80. The van der Waals surface area contributed by atoms with E-state index < -0.39 is 0 Å². The van der Waals surface area contributed by atoms with Gasteiger partial charge in [-0.1, -0.05) is 30.3 Å². The second-order valence-corrected chi connectivity index (χ2v) is 7.88. The SMILES string of the molecule is CCN(Cc1cccc(NC(=O)c2ccc(NC(=O)Nc3ccccc3)s2)c1)C(C)=O. The summed E-state index contributed by atoms with van der Waals surface area (Å²) in [5.74, 6) is -0.260. The van der Waals surface area contributed by atoms with Crippen LogP contribution in [-0.2, 0) is 11.3 Å². The first kappa shape index (κ1) is 22.0.